The number of rotatable bonds is 5. The smallest absolute Gasteiger partial charge is 0.259 e. The molecule has 5 rings (SSSR count). The minimum absolute atomic E-state index is 0.197. The Kier molecular flexibility index (Phi) is 4.36. The first-order chi connectivity index (χ1) is 14.7. The third kappa shape index (κ3) is 3.24. The van der Waals surface area contributed by atoms with Crippen LogP contribution in [0.5, 0.6) is 0 Å². The Hall–Kier alpha value is -4.20. The lowest BCUT2D eigenvalue weighted by atomic mass is 10.1. The number of aromatic amines is 2. The van der Waals surface area contributed by atoms with Gasteiger partial charge in [-0.25, -0.2) is 9.97 Å². The molecule has 0 saturated heterocycles. The van der Waals surface area contributed by atoms with Crippen LogP contribution in [-0.4, -0.2) is 31.7 Å². The number of nitrogens with zero attached hydrogens (tertiary/aromatic N) is 3. The molecule has 5 aromatic rings. The topological polar surface area (TPSA) is 111 Å². The lowest BCUT2D eigenvalue weighted by molar-refractivity contribution is 1.12. The predicted octanol–water partition coefficient (Wildman–Crippen LogP) is 4.04. The van der Waals surface area contributed by atoms with Gasteiger partial charge in [0.25, 0.3) is 5.56 Å². The second-order valence-electron chi connectivity index (χ2n) is 6.89. The lowest BCUT2D eigenvalue weighted by Crippen LogP contribution is -2.09. The summed E-state index contributed by atoms with van der Waals surface area (Å²) in [5, 5.41) is 15.8. The zero-order valence-corrected chi connectivity index (χ0v) is 16.2. The van der Waals surface area contributed by atoms with Gasteiger partial charge in [-0.2, -0.15) is 5.10 Å². The first kappa shape index (κ1) is 17.9. The highest BCUT2D eigenvalue weighted by Gasteiger charge is 2.12. The van der Waals surface area contributed by atoms with Crippen LogP contribution in [0.3, 0.4) is 0 Å². The number of benzene rings is 1. The first-order valence-corrected chi connectivity index (χ1v) is 9.64. The number of aromatic nitrogens is 5. The summed E-state index contributed by atoms with van der Waals surface area (Å²) in [6.45, 7) is 2.83. The fourth-order valence-corrected chi connectivity index (χ4v) is 3.44. The van der Waals surface area contributed by atoms with Crippen molar-refractivity contribution in [3.8, 4) is 11.3 Å². The van der Waals surface area contributed by atoms with Gasteiger partial charge in [0, 0.05) is 35.6 Å². The third-order valence-electron chi connectivity index (χ3n) is 4.88. The summed E-state index contributed by atoms with van der Waals surface area (Å²) in [6.07, 6.45) is 5.18. The molecule has 0 unspecified atom stereocenters. The van der Waals surface area contributed by atoms with Crippen LogP contribution >= 0.6 is 0 Å². The van der Waals surface area contributed by atoms with Crippen molar-refractivity contribution in [3.63, 3.8) is 0 Å². The first-order valence-electron chi connectivity index (χ1n) is 9.64. The molecule has 4 aromatic heterocycles. The summed E-state index contributed by atoms with van der Waals surface area (Å²) < 4.78 is 0. The highest BCUT2D eigenvalue weighted by molar-refractivity contribution is 5.95. The maximum absolute atomic E-state index is 12.6. The van der Waals surface area contributed by atoms with Crippen molar-refractivity contribution < 1.29 is 0 Å². The van der Waals surface area contributed by atoms with E-state index in [0.717, 1.165) is 45.6 Å². The molecule has 4 N–H and O–H groups in total. The van der Waals surface area contributed by atoms with Gasteiger partial charge in [-0.15, -0.1) is 0 Å². The maximum atomic E-state index is 12.6. The van der Waals surface area contributed by atoms with E-state index in [1.54, 1.807) is 18.6 Å². The molecule has 4 heterocycles. The molecule has 0 atom stereocenters. The van der Waals surface area contributed by atoms with Gasteiger partial charge in [0.2, 0.25) is 0 Å². The molecule has 0 aliphatic rings. The lowest BCUT2D eigenvalue weighted by Gasteiger charge is -2.12. The van der Waals surface area contributed by atoms with E-state index >= 15 is 0 Å². The largest absolute Gasteiger partial charge is 0.370 e. The fraction of sp³-hybridized carbons (Fsp3) is 0.0909. The Morgan fingerprint density at radius 3 is 2.80 bits per heavy atom. The van der Waals surface area contributed by atoms with Crippen molar-refractivity contribution in [3.05, 3.63) is 71.4 Å². The molecule has 8 nitrogen and oxygen atoms in total. The average molecular weight is 397 g/mol. The maximum Gasteiger partial charge on any atom is 0.259 e. The number of hydrogen-bond acceptors (Lipinski definition) is 6. The van der Waals surface area contributed by atoms with Crippen molar-refractivity contribution in [2.75, 3.05) is 17.2 Å². The average Bonchev–Trinajstić information content (AvgIpc) is 3.22. The molecule has 0 amide bonds. The molecule has 148 valence electrons. The van der Waals surface area contributed by atoms with E-state index in [9.17, 15) is 4.79 Å². The second kappa shape index (κ2) is 7.32. The molecule has 0 radical (unpaired) electrons. The Labute approximate surface area is 171 Å². The molecule has 8 heteroatoms. The van der Waals surface area contributed by atoms with E-state index in [4.69, 9.17) is 4.98 Å². The summed E-state index contributed by atoms with van der Waals surface area (Å²) in [5.74, 6) is 1.30. The SMILES string of the molecule is CCNc1ccc(-c2cc3cc[nH]c(=O)c3c(Nc3ccc4cn[nH]c4c3)n2)cn1. The minimum atomic E-state index is -0.197. The van der Waals surface area contributed by atoms with E-state index in [-0.39, 0.29) is 5.56 Å². The number of fused-ring (bicyclic) bond motifs is 2. The van der Waals surface area contributed by atoms with Crippen molar-refractivity contribution in [1.29, 1.82) is 0 Å². The van der Waals surface area contributed by atoms with E-state index in [0.29, 0.717) is 11.2 Å². The van der Waals surface area contributed by atoms with Crippen LogP contribution in [-0.2, 0) is 0 Å². The van der Waals surface area contributed by atoms with E-state index in [1.165, 1.54) is 0 Å². The standard InChI is InChI=1S/C22H19N7O/c1-2-23-19-6-4-14(11-25-19)17-9-13-7-8-24-22(30)20(13)21(28-17)27-16-5-3-15-12-26-29-18(15)10-16/h3-12H,2H2,1H3,(H,23,25)(H,24,30)(H,26,29)(H,27,28). The van der Waals surface area contributed by atoms with Gasteiger partial charge in [-0.05, 0) is 54.8 Å². The van der Waals surface area contributed by atoms with Crippen molar-refractivity contribution in [2.24, 2.45) is 0 Å². The molecule has 0 aliphatic carbocycles. The Morgan fingerprint density at radius 1 is 1.03 bits per heavy atom. The highest BCUT2D eigenvalue weighted by Crippen LogP contribution is 2.28. The summed E-state index contributed by atoms with van der Waals surface area (Å²) in [7, 11) is 0. The monoisotopic (exact) mass is 397 g/mol. The minimum Gasteiger partial charge on any atom is -0.370 e. The summed E-state index contributed by atoms with van der Waals surface area (Å²) in [4.78, 5) is 24.5. The number of hydrogen-bond donors (Lipinski definition) is 4. The summed E-state index contributed by atoms with van der Waals surface area (Å²) in [6, 6.07) is 13.5. The van der Waals surface area contributed by atoms with Crippen LogP contribution in [0.1, 0.15) is 6.92 Å². The van der Waals surface area contributed by atoms with Crippen molar-refractivity contribution in [2.45, 2.75) is 6.92 Å². The van der Waals surface area contributed by atoms with E-state index in [2.05, 4.69) is 30.8 Å². The van der Waals surface area contributed by atoms with Crippen LogP contribution in [0.25, 0.3) is 32.9 Å². The number of nitrogens with one attached hydrogen (secondary N) is 4. The van der Waals surface area contributed by atoms with Gasteiger partial charge in [-0.1, -0.05) is 0 Å². The van der Waals surface area contributed by atoms with Gasteiger partial charge < -0.3 is 15.6 Å². The van der Waals surface area contributed by atoms with Gasteiger partial charge >= 0.3 is 0 Å². The van der Waals surface area contributed by atoms with Crippen LogP contribution in [0, 0.1) is 0 Å². The zero-order valence-electron chi connectivity index (χ0n) is 16.2. The normalized spacial score (nSPS) is 11.1. The third-order valence-corrected chi connectivity index (χ3v) is 4.88. The summed E-state index contributed by atoms with van der Waals surface area (Å²) in [5.41, 5.74) is 3.11. The fourth-order valence-electron chi connectivity index (χ4n) is 3.44. The Morgan fingerprint density at radius 2 is 1.97 bits per heavy atom. The number of pyridine rings is 3. The number of H-pyrrole nitrogens is 2. The molecule has 0 saturated carbocycles. The molecule has 0 bridgehead atoms. The highest BCUT2D eigenvalue weighted by atomic mass is 16.1. The Bertz CT molecular complexity index is 1400. The Balaban J connectivity index is 1.62. The zero-order chi connectivity index (χ0) is 20.5. The van der Waals surface area contributed by atoms with Crippen LogP contribution in [0.15, 0.2) is 65.8 Å². The summed E-state index contributed by atoms with van der Waals surface area (Å²) >= 11 is 0. The van der Waals surface area contributed by atoms with Gasteiger partial charge in [-0.3, -0.25) is 9.89 Å². The van der Waals surface area contributed by atoms with Gasteiger partial charge in [0.1, 0.15) is 11.6 Å². The second-order valence-corrected chi connectivity index (χ2v) is 6.89. The molecule has 0 fully saturated rings. The van der Waals surface area contributed by atoms with Crippen LogP contribution in [0.2, 0.25) is 0 Å². The predicted molar refractivity (Wildman–Crippen MR) is 119 cm³/mol. The van der Waals surface area contributed by atoms with E-state index in [1.807, 2.05) is 49.4 Å². The number of anilines is 3. The molecule has 1 aromatic carbocycles. The van der Waals surface area contributed by atoms with Crippen molar-refractivity contribution in [1.82, 2.24) is 25.1 Å². The molecular weight excluding hydrogens is 378 g/mol. The van der Waals surface area contributed by atoms with Crippen LogP contribution < -0.4 is 16.2 Å². The quantitative estimate of drug-likeness (QED) is 0.356. The molecule has 0 spiro atoms. The van der Waals surface area contributed by atoms with Gasteiger partial charge in [0.15, 0.2) is 0 Å². The van der Waals surface area contributed by atoms with Crippen molar-refractivity contribution >= 4 is 39.0 Å². The molecule has 0 aliphatic heterocycles. The van der Waals surface area contributed by atoms with E-state index < -0.39 is 0 Å². The van der Waals surface area contributed by atoms with Crippen LogP contribution in [0.4, 0.5) is 17.3 Å². The molecule has 30 heavy (non-hydrogen) atoms. The molecular formula is C22H19N7O. The van der Waals surface area contributed by atoms with Gasteiger partial charge in [0.05, 0.1) is 22.8 Å².